The molecule has 3 atom stereocenters. The molecule has 0 aliphatic heterocycles. The molecule has 0 saturated heterocycles. The van der Waals surface area contributed by atoms with Crippen LogP contribution < -0.4 is 10.6 Å². The van der Waals surface area contributed by atoms with Gasteiger partial charge < -0.3 is 10.6 Å². The summed E-state index contributed by atoms with van der Waals surface area (Å²) in [7, 11) is 1.91. The van der Waals surface area contributed by atoms with Gasteiger partial charge in [0.25, 0.3) is 0 Å². The molecule has 1 aromatic rings. The predicted molar refractivity (Wildman–Crippen MR) is 73.8 cm³/mol. The normalized spacial score (nSPS) is 29.6. The summed E-state index contributed by atoms with van der Waals surface area (Å²) in [4.78, 5) is 9.02. The van der Waals surface area contributed by atoms with Crippen molar-refractivity contribution in [3.05, 3.63) is 11.9 Å². The van der Waals surface area contributed by atoms with Crippen molar-refractivity contribution >= 4 is 11.6 Å². The van der Waals surface area contributed by atoms with Gasteiger partial charge >= 0.3 is 0 Å². The van der Waals surface area contributed by atoms with E-state index < -0.39 is 0 Å². The Kier molecular flexibility index (Phi) is 3.10. The topological polar surface area (TPSA) is 49.8 Å². The first kappa shape index (κ1) is 11.8. The van der Waals surface area contributed by atoms with Crippen LogP contribution in [0.5, 0.6) is 0 Å². The van der Waals surface area contributed by atoms with Crippen LogP contribution in [-0.2, 0) is 6.42 Å². The number of anilines is 2. The van der Waals surface area contributed by atoms with Crippen LogP contribution in [0.2, 0.25) is 0 Å². The first-order valence-corrected chi connectivity index (χ1v) is 7.10. The molecule has 1 heterocycles. The molecule has 3 unspecified atom stereocenters. The standard InChI is InChI=1S/C14H22N4/c1-3-12-17-13(15-2)8-14(18-12)16-11-7-9-4-5-10(11)6-9/h8-11H,3-7H2,1-2H3,(H2,15,16,17,18). The minimum absolute atomic E-state index is 0.632. The Morgan fingerprint density at radius 3 is 2.67 bits per heavy atom. The van der Waals surface area contributed by atoms with Crippen LogP contribution in [0.4, 0.5) is 11.6 Å². The minimum Gasteiger partial charge on any atom is -0.373 e. The summed E-state index contributed by atoms with van der Waals surface area (Å²) in [6.07, 6.45) is 6.45. The van der Waals surface area contributed by atoms with E-state index in [9.17, 15) is 0 Å². The fourth-order valence-electron chi connectivity index (χ4n) is 3.47. The molecule has 2 saturated carbocycles. The van der Waals surface area contributed by atoms with Crippen molar-refractivity contribution in [2.24, 2.45) is 11.8 Å². The molecule has 0 radical (unpaired) electrons. The fraction of sp³-hybridized carbons (Fsp3) is 0.714. The van der Waals surface area contributed by atoms with Crippen molar-refractivity contribution < 1.29 is 0 Å². The molecule has 0 aromatic carbocycles. The number of aryl methyl sites for hydroxylation is 1. The third-order valence-corrected chi connectivity index (χ3v) is 4.42. The van der Waals surface area contributed by atoms with Crippen LogP contribution in [0, 0.1) is 11.8 Å². The third kappa shape index (κ3) is 2.16. The second-order valence-corrected chi connectivity index (χ2v) is 5.58. The molecule has 1 aromatic heterocycles. The van der Waals surface area contributed by atoms with Gasteiger partial charge in [-0.1, -0.05) is 13.3 Å². The first-order chi connectivity index (χ1) is 8.78. The third-order valence-electron chi connectivity index (χ3n) is 4.42. The van der Waals surface area contributed by atoms with Gasteiger partial charge in [-0.2, -0.15) is 0 Å². The monoisotopic (exact) mass is 246 g/mol. The molecule has 2 bridgehead atoms. The summed E-state index contributed by atoms with van der Waals surface area (Å²) in [6.45, 7) is 2.09. The van der Waals surface area contributed by atoms with Crippen LogP contribution in [0.3, 0.4) is 0 Å². The molecule has 98 valence electrons. The van der Waals surface area contributed by atoms with E-state index in [0.717, 1.165) is 35.7 Å². The molecule has 2 aliphatic carbocycles. The van der Waals surface area contributed by atoms with Gasteiger partial charge in [0.1, 0.15) is 17.5 Å². The van der Waals surface area contributed by atoms with E-state index in [1.165, 1.54) is 25.7 Å². The number of rotatable bonds is 4. The van der Waals surface area contributed by atoms with Gasteiger partial charge in [0.05, 0.1) is 0 Å². The maximum atomic E-state index is 4.58. The fourth-order valence-corrected chi connectivity index (χ4v) is 3.47. The van der Waals surface area contributed by atoms with E-state index in [2.05, 4.69) is 27.5 Å². The molecule has 2 aliphatic rings. The molecular weight excluding hydrogens is 224 g/mol. The van der Waals surface area contributed by atoms with Crippen LogP contribution >= 0.6 is 0 Å². The number of nitrogens with zero attached hydrogens (tertiary/aromatic N) is 2. The van der Waals surface area contributed by atoms with E-state index in [-0.39, 0.29) is 0 Å². The highest BCUT2D eigenvalue weighted by molar-refractivity contribution is 5.48. The molecule has 2 N–H and O–H groups in total. The number of aromatic nitrogens is 2. The van der Waals surface area contributed by atoms with E-state index in [1.54, 1.807) is 0 Å². The number of nitrogens with one attached hydrogen (secondary N) is 2. The summed E-state index contributed by atoms with van der Waals surface area (Å²) < 4.78 is 0. The van der Waals surface area contributed by atoms with Gasteiger partial charge in [0.2, 0.25) is 0 Å². The van der Waals surface area contributed by atoms with E-state index in [1.807, 2.05) is 13.1 Å². The maximum absolute atomic E-state index is 4.58. The molecule has 4 heteroatoms. The molecule has 0 spiro atoms. The Balaban J connectivity index is 1.75. The van der Waals surface area contributed by atoms with Crippen molar-refractivity contribution in [3.63, 3.8) is 0 Å². The van der Waals surface area contributed by atoms with Gasteiger partial charge in [-0.3, -0.25) is 0 Å². The van der Waals surface area contributed by atoms with Crippen LogP contribution in [-0.4, -0.2) is 23.1 Å². The second-order valence-electron chi connectivity index (χ2n) is 5.58. The Bertz CT molecular complexity index is 410. The smallest absolute Gasteiger partial charge is 0.132 e. The van der Waals surface area contributed by atoms with Crippen LogP contribution in [0.1, 0.15) is 38.4 Å². The Morgan fingerprint density at radius 2 is 2.06 bits per heavy atom. The van der Waals surface area contributed by atoms with Crippen molar-refractivity contribution in [1.29, 1.82) is 0 Å². The quantitative estimate of drug-likeness (QED) is 0.857. The van der Waals surface area contributed by atoms with E-state index in [4.69, 9.17) is 0 Å². The van der Waals surface area contributed by atoms with Gasteiger partial charge in [-0.15, -0.1) is 0 Å². The summed E-state index contributed by atoms with van der Waals surface area (Å²) in [5.74, 6) is 4.64. The number of hydrogen-bond acceptors (Lipinski definition) is 4. The SMILES string of the molecule is CCc1nc(NC)cc(NC2CC3CCC2C3)n1. The lowest BCUT2D eigenvalue weighted by Gasteiger charge is -2.23. The van der Waals surface area contributed by atoms with Gasteiger partial charge in [-0.05, 0) is 31.1 Å². The maximum Gasteiger partial charge on any atom is 0.132 e. The summed E-state index contributed by atoms with van der Waals surface area (Å²) in [5.41, 5.74) is 0. The van der Waals surface area contributed by atoms with Gasteiger partial charge in [0, 0.05) is 25.6 Å². The predicted octanol–water partition coefficient (Wildman–Crippen LogP) is 2.68. The zero-order valence-corrected chi connectivity index (χ0v) is 11.2. The lowest BCUT2D eigenvalue weighted by Crippen LogP contribution is -2.26. The van der Waals surface area contributed by atoms with Crippen LogP contribution in [0.15, 0.2) is 6.07 Å². The van der Waals surface area contributed by atoms with Crippen LogP contribution in [0.25, 0.3) is 0 Å². The second kappa shape index (κ2) is 4.75. The lowest BCUT2D eigenvalue weighted by molar-refractivity contribution is 0.439. The Hall–Kier alpha value is -1.32. The van der Waals surface area contributed by atoms with Crippen molar-refractivity contribution in [2.45, 2.75) is 45.1 Å². The van der Waals surface area contributed by atoms with Crippen molar-refractivity contribution in [3.8, 4) is 0 Å². The molecular formula is C14H22N4. The highest BCUT2D eigenvalue weighted by Crippen LogP contribution is 2.45. The average Bonchev–Trinajstić information content (AvgIpc) is 3.00. The highest BCUT2D eigenvalue weighted by atomic mass is 15.1. The number of fused-ring (bicyclic) bond motifs is 2. The van der Waals surface area contributed by atoms with Gasteiger partial charge in [-0.25, -0.2) is 9.97 Å². The molecule has 2 fully saturated rings. The molecule has 3 rings (SSSR count). The van der Waals surface area contributed by atoms with E-state index >= 15 is 0 Å². The van der Waals surface area contributed by atoms with Gasteiger partial charge in [0.15, 0.2) is 0 Å². The Morgan fingerprint density at radius 1 is 1.22 bits per heavy atom. The zero-order valence-electron chi connectivity index (χ0n) is 11.2. The summed E-state index contributed by atoms with van der Waals surface area (Å²) in [6, 6.07) is 2.65. The first-order valence-electron chi connectivity index (χ1n) is 7.10. The summed E-state index contributed by atoms with van der Waals surface area (Å²) in [5, 5.41) is 6.74. The van der Waals surface area contributed by atoms with E-state index in [0.29, 0.717) is 6.04 Å². The zero-order chi connectivity index (χ0) is 12.5. The van der Waals surface area contributed by atoms with Crippen molar-refractivity contribution in [1.82, 2.24) is 9.97 Å². The largest absolute Gasteiger partial charge is 0.373 e. The lowest BCUT2D eigenvalue weighted by atomic mass is 9.95. The van der Waals surface area contributed by atoms with Crippen molar-refractivity contribution in [2.75, 3.05) is 17.7 Å². The molecule has 18 heavy (non-hydrogen) atoms. The molecule has 4 nitrogen and oxygen atoms in total. The average molecular weight is 246 g/mol. The summed E-state index contributed by atoms with van der Waals surface area (Å²) >= 11 is 0. The highest BCUT2D eigenvalue weighted by Gasteiger charge is 2.39. The minimum atomic E-state index is 0.632. The molecule has 0 amide bonds. The Labute approximate surface area is 109 Å². The number of hydrogen-bond donors (Lipinski definition) is 2.